The fourth-order valence-corrected chi connectivity index (χ4v) is 12.6. The van der Waals surface area contributed by atoms with Gasteiger partial charge in [0.05, 0.1) is 0 Å². The minimum Gasteiger partial charge on any atom is -0.311 e. The van der Waals surface area contributed by atoms with Crippen molar-refractivity contribution >= 4 is 34.1 Å². The third-order valence-corrected chi connectivity index (χ3v) is 17.5. The van der Waals surface area contributed by atoms with Gasteiger partial charge in [0.1, 0.15) is 0 Å². The summed E-state index contributed by atoms with van der Waals surface area (Å²) in [6, 6.07) is 141. The van der Waals surface area contributed by atoms with Crippen LogP contribution in [0.1, 0.15) is 0 Å². The maximum Gasteiger partial charge on any atom is 0.0462 e. The molecule has 0 amide bonds. The van der Waals surface area contributed by atoms with E-state index in [-0.39, 0.29) is 0 Å². The van der Waals surface area contributed by atoms with Crippen molar-refractivity contribution in [3.63, 3.8) is 0 Å². The highest BCUT2D eigenvalue weighted by atomic mass is 15.1. The fourth-order valence-electron chi connectivity index (χ4n) is 12.6. The first-order valence-corrected chi connectivity index (χ1v) is 31.5. The molecule has 0 bridgehead atoms. The SMILES string of the molecule is c1ccc(-c2ccc(N(c3ccc(-c4cccc(-c5ccccc5)c4)cc3)c3ccc(-c4cccc(-c5cc(-c6ccccc6)cc(-c6ccc(N(c7ccc(-c8ccccc8)cc7)c7ccc(-c8cccc(-c9ccccc9)c8)cc7)cc6)c5)c4)cc3)cc2)cc1. The lowest BCUT2D eigenvalue weighted by atomic mass is 9.92. The molecule has 0 atom stereocenters. The van der Waals surface area contributed by atoms with Crippen LogP contribution in [0.15, 0.2) is 388 Å². The van der Waals surface area contributed by atoms with Crippen molar-refractivity contribution in [2.75, 3.05) is 9.80 Å². The molecular formula is C90H64N2. The molecule has 92 heavy (non-hydrogen) atoms. The van der Waals surface area contributed by atoms with Crippen LogP contribution in [0.25, 0.3) is 111 Å². The van der Waals surface area contributed by atoms with E-state index in [1.807, 2.05) is 0 Å². The van der Waals surface area contributed by atoms with E-state index in [4.69, 9.17) is 0 Å². The van der Waals surface area contributed by atoms with Crippen LogP contribution in [-0.2, 0) is 0 Å². The van der Waals surface area contributed by atoms with Gasteiger partial charge in [0.25, 0.3) is 0 Å². The summed E-state index contributed by atoms with van der Waals surface area (Å²) in [6.45, 7) is 0. The van der Waals surface area contributed by atoms with Gasteiger partial charge in [-0.1, -0.05) is 279 Å². The van der Waals surface area contributed by atoms with Gasteiger partial charge in [0.15, 0.2) is 0 Å². The molecule has 0 saturated carbocycles. The lowest BCUT2D eigenvalue weighted by molar-refractivity contribution is 1.28. The first-order chi connectivity index (χ1) is 45.6. The van der Waals surface area contributed by atoms with Crippen molar-refractivity contribution < 1.29 is 0 Å². The first-order valence-electron chi connectivity index (χ1n) is 31.5. The Kier molecular flexibility index (Phi) is 15.9. The molecule has 2 heteroatoms. The zero-order valence-electron chi connectivity index (χ0n) is 50.8. The van der Waals surface area contributed by atoms with Crippen LogP contribution < -0.4 is 9.80 Å². The molecule has 434 valence electrons. The molecule has 0 radical (unpaired) electrons. The second-order valence-corrected chi connectivity index (χ2v) is 23.3. The van der Waals surface area contributed by atoms with Crippen LogP contribution in [-0.4, -0.2) is 0 Å². The van der Waals surface area contributed by atoms with Gasteiger partial charge in [0, 0.05) is 34.1 Å². The highest BCUT2D eigenvalue weighted by Gasteiger charge is 2.18. The van der Waals surface area contributed by atoms with Gasteiger partial charge in [0.2, 0.25) is 0 Å². The van der Waals surface area contributed by atoms with Crippen molar-refractivity contribution in [2.45, 2.75) is 0 Å². The van der Waals surface area contributed by atoms with Gasteiger partial charge >= 0.3 is 0 Å². The summed E-state index contributed by atoms with van der Waals surface area (Å²) in [5, 5.41) is 0. The van der Waals surface area contributed by atoms with Crippen LogP contribution in [0.3, 0.4) is 0 Å². The van der Waals surface area contributed by atoms with Gasteiger partial charge in [-0.2, -0.15) is 0 Å². The summed E-state index contributed by atoms with van der Waals surface area (Å²) in [4.78, 5) is 4.71. The molecule has 0 heterocycles. The normalized spacial score (nSPS) is 11.0. The third-order valence-electron chi connectivity index (χ3n) is 17.5. The summed E-state index contributed by atoms with van der Waals surface area (Å²) in [5.74, 6) is 0. The Morgan fingerprint density at radius 3 is 0.457 bits per heavy atom. The van der Waals surface area contributed by atoms with Crippen LogP contribution in [0.4, 0.5) is 34.1 Å². The monoisotopic (exact) mass is 1170 g/mol. The Balaban J connectivity index is 0.742. The number of nitrogens with zero attached hydrogens (tertiary/aromatic N) is 2. The number of hydrogen-bond acceptors (Lipinski definition) is 2. The average Bonchev–Trinajstić information content (AvgIpc) is 2.00. The van der Waals surface area contributed by atoms with E-state index in [0.29, 0.717) is 0 Å². The highest BCUT2D eigenvalue weighted by Crippen LogP contribution is 2.42. The van der Waals surface area contributed by atoms with E-state index in [1.54, 1.807) is 0 Å². The molecule has 0 aliphatic carbocycles. The average molecular weight is 1170 g/mol. The van der Waals surface area contributed by atoms with Crippen molar-refractivity contribution in [2.24, 2.45) is 0 Å². The number of rotatable bonds is 16. The Hall–Kier alpha value is -12.1. The minimum absolute atomic E-state index is 1.07. The molecule has 0 fully saturated rings. The molecule has 0 aromatic heterocycles. The van der Waals surface area contributed by atoms with E-state index in [1.165, 1.54) is 72.3 Å². The van der Waals surface area contributed by atoms with Gasteiger partial charge in [-0.3, -0.25) is 0 Å². The van der Waals surface area contributed by atoms with Gasteiger partial charge in [-0.05, 0) is 220 Å². The number of benzene rings is 15. The zero-order valence-corrected chi connectivity index (χ0v) is 50.8. The summed E-state index contributed by atoms with van der Waals surface area (Å²) >= 11 is 0. The van der Waals surface area contributed by atoms with Crippen molar-refractivity contribution in [1.82, 2.24) is 0 Å². The lowest BCUT2D eigenvalue weighted by Crippen LogP contribution is -2.09. The largest absolute Gasteiger partial charge is 0.311 e. The van der Waals surface area contributed by atoms with Crippen LogP contribution in [0.2, 0.25) is 0 Å². The topological polar surface area (TPSA) is 6.48 Å². The Morgan fingerprint density at radius 2 is 0.228 bits per heavy atom. The maximum atomic E-state index is 2.36. The third kappa shape index (κ3) is 12.3. The molecule has 15 rings (SSSR count). The van der Waals surface area contributed by atoms with Crippen molar-refractivity contribution in [3.05, 3.63) is 388 Å². The Bertz CT molecular complexity index is 4940. The molecule has 0 saturated heterocycles. The van der Waals surface area contributed by atoms with E-state index in [9.17, 15) is 0 Å². The van der Waals surface area contributed by atoms with E-state index < -0.39 is 0 Å². The Morgan fingerprint density at radius 1 is 0.0978 bits per heavy atom. The first kappa shape index (κ1) is 56.4. The lowest BCUT2D eigenvalue weighted by Gasteiger charge is -2.26. The molecule has 0 aliphatic heterocycles. The second-order valence-electron chi connectivity index (χ2n) is 23.3. The molecule has 15 aromatic carbocycles. The molecule has 0 aliphatic rings. The van der Waals surface area contributed by atoms with Gasteiger partial charge in [-0.25, -0.2) is 0 Å². The number of hydrogen-bond donors (Lipinski definition) is 0. The van der Waals surface area contributed by atoms with Crippen molar-refractivity contribution in [3.8, 4) is 111 Å². The van der Waals surface area contributed by atoms with E-state index in [0.717, 1.165) is 73.1 Å². The van der Waals surface area contributed by atoms with Crippen LogP contribution in [0, 0.1) is 0 Å². The van der Waals surface area contributed by atoms with Gasteiger partial charge < -0.3 is 9.80 Å². The summed E-state index contributed by atoms with van der Waals surface area (Å²) in [7, 11) is 0. The maximum absolute atomic E-state index is 2.36. The predicted molar refractivity (Wildman–Crippen MR) is 390 cm³/mol. The summed E-state index contributed by atoms with van der Waals surface area (Å²) in [6.07, 6.45) is 0. The fraction of sp³-hybridized carbons (Fsp3) is 0. The highest BCUT2D eigenvalue weighted by molar-refractivity contribution is 5.87. The zero-order chi connectivity index (χ0) is 61.4. The Labute approximate surface area is 540 Å². The molecular weight excluding hydrogens is 1110 g/mol. The smallest absolute Gasteiger partial charge is 0.0462 e. The minimum atomic E-state index is 1.07. The van der Waals surface area contributed by atoms with E-state index in [2.05, 4.69) is 398 Å². The molecule has 0 spiro atoms. The van der Waals surface area contributed by atoms with Crippen LogP contribution >= 0.6 is 0 Å². The molecule has 0 N–H and O–H groups in total. The van der Waals surface area contributed by atoms with Crippen molar-refractivity contribution in [1.29, 1.82) is 0 Å². The summed E-state index contributed by atoms with van der Waals surface area (Å²) in [5.41, 5.74) is 30.0. The van der Waals surface area contributed by atoms with E-state index >= 15 is 0 Å². The van der Waals surface area contributed by atoms with Gasteiger partial charge in [-0.15, -0.1) is 0 Å². The molecule has 2 nitrogen and oxygen atoms in total. The predicted octanol–water partition coefficient (Wildman–Crippen LogP) is 25.3. The molecule has 15 aromatic rings. The molecule has 0 unspecified atom stereocenters. The standard InChI is InChI=1S/C90H64N2/c1-6-19-65(20-7-1)70-35-47-85(48-36-70)91(87-51-39-72(40-52-87)78-31-16-29-76(59-78)67-23-10-3-11-24-67)88-55-43-74(44-56-88)80-33-18-34-81(61-80)84-63-82(69-27-14-5-15-28-69)62-83(64-84)75-45-57-90(58-46-75)92(86-49-37-71(38-50-86)66-21-8-2-9-22-66)89-53-41-73(42-54-89)79-32-17-30-77(60-79)68-25-12-4-13-26-68/h1-64H. The summed E-state index contributed by atoms with van der Waals surface area (Å²) < 4.78 is 0. The quantitative estimate of drug-likeness (QED) is 0.0951. The van der Waals surface area contributed by atoms with Crippen LogP contribution in [0.5, 0.6) is 0 Å². The number of anilines is 6. The second kappa shape index (κ2) is 25.9.